The second-order valence-electron chi connectivity index (χ2n) is 12.5. The second kappa shape index (κ2) is 17.7. The summed E-state index contributed by atoms with van der Waals surface area (Å²) in [5, 5.41) is 0. The van der Waals surface area contributed by atoms with Gasteiger partial charge in [0.1, 0.15) is 11.5 Å². The van der Waals surface area contributed by atoms with Crippen molar-refractivity contribution >= 4 is 47.0 Å². The summed E-state index contributed by atoms with van der Waals surface area (Å²) in [7, 11) is 0. The van der Waals surface area contributed by atoms with Gasteiger partial charge in [-0.2, -0.15) is 0 Å². The van der Waals surface area contributed by atoms with Crippen molar-refractivity contribution in [1.82, 2.24) is 0 Å². The number of ketones is 2. The van der Waals surface area contributed by atoms with Gasteiger partial charge in [0.05, 0.1) is 11.8 Å². The SMILES string of the molecule is CCCCC(CC)C(=O)Oc1ccc(Sc2cccc3c2C(=O)c2cccc(Sc4ccc(OC(=O)C(CC)CCCC)cc4)c2C3=O)cc1. The molecule has 0 amide bonds. The number of unbranched alkanes of at least 4 members (excludes halogenated alkanes) is 2. The van der Waals surface area contributed by atoms with E-state index in [1.165, 1.54) is 23.5 Å². The summed E-state index contributed by atoms with van der Waals surface area (Å²) in [4.78, 5) is 56.5. The summed E-state index contributed by atoms with van der Waals surface area (Å²) < 4.78 is 11.3. The zero-order valence-electron chi connectivity index (χ0n) is 29.2. The van der Waals surface area contributed by atoms with Crippen molar-refractivity contribution < 1.29 is 28.7 Å². The maximum Gasteiger partial charge on any atom is 0.314 e. The number of esters is 2. The Kier molecular flexibility index (Phi) is 13.1. The first-order chi connectivity index (χ1) is 24.3. The maximum atomic E-state index is 14.0. The molecule has 1 aliphatic rings. The molecule has 0 radical (unpaired) electrons. The minimum absolute atomic E-state index is 0.115. The first-order valence-electron chi connectivity index (χ1n) is 17.6. The van der Waals surface area contributed by atoms with Gasteiger partial charge in [-0.25, -0.2) is 0 Å². The van der Waals surface area contributed by atoms with Crippen LogP contribution in [0.3, 0.4) is 0 Å². The predicted octanol–water partition coefficient (Wildman–Crippen LogP) is 11.0. The van der Waals surface area contributed by atoms with Gasteiger partial charge in [0.2, 0.25) is 0 Å². The van der Waals surface area contributed by atoms with E-state index in [1.54, 1.807) is 48.5 Å². The smallest absolute Gasteiger partial charge is 0.314 e. The lowest BCUT2D eigenvalue weighted by Gasteiger charge is -2.22. The normalized spacial score (nSPS) is 13.3. The summed E-state index contributed by atoms with van der Waals surface area (Å²) >= 11 is 2.79. The number of carbonyl (C=O) groups is 4. The third-order valence-corrected chi connectivity index (χ3v) is 11.1. The van der Waals surface area contributed by atoms with E-state index in [4.69, 9.17) is 9.47 Å². The minimum atomic E-state index is -0.209. The van der Waals surface area contributed by atoms with Crippen LogP contribution in [0.1, 0.15) is 111 Å². The summed E-state index contributed by atoms with van der Waals surface area (Å²) in [6, 6.07) is 25.2. The minimum Gasteiger partial charge on any atom is -0.426 e. The Labute approximate surface area is 303 Å². The summed E-state index contributed by atoms with van der Waals surface area (Å²) in [5.41, 5.74) is 1.54. The standard InChI is InChI=1S/C42H44O6S2/c1-5-9-13-27(7-3)41(45)47-29-19-23-31(24-20-29)49-35-17-11-15-33-37(35)39(43)34-16-12-18-36(38(34)40(33)44)50-32-25-21-30(22-26-32)48-42(46)28(8-4)14-10-6-2/h11-12,15-28H,5-10,13-14H2,1-4H3. The Morgan fingerprint density at radius 2 is 0.940 bits per heavy atom. The fraction of sp³-hybridized carbons (Fsp3) is 0.333. The van der Waals surface area contributed by atoms with Gasteiger partial charge in [0.15, 0.2) is 11.6 Å². The quantitative estimate of drug-likeness (QED) is 0.0739. The summed E-state index contributed by atoms with van der Waals surface area (Å²) in [6.45, 7) is 8.22. The van der Waals surface area contributed by atoms with Crippen molar-refractivity contribution in [3.63, 3.8) is 0 Å². The molecule has 1 aliphatic carbocycles. The number of hydrogen-bond acceptors (Lipinski definition) is 8. The highest BCUT2D eigenvalue weighted by atomic mass is 32.2. The van der Waals surface area contributed by atoms with E-state index < -0.39 is 0 Å². The second-order valence-corrected chi connectivity index (χ2v) is 14.7. The molecule has 0 aliphatic heterocycles. The first kappa shape index (κ1) is 37.1. The number of carbonyl (C=O) groups excluding carboxylic acids is 4. The van der Waals surface area contributed by atoms with Gasteiger partial charge in [0, 0.05) is 41.8 Å². The molecule has 5 rings (SSSR count). The van der Waals surface area contributed by atoms with Crippen LogP contribution in [0.2, 0.25) is 0 Å². The maximum absolute atomic E-state index is 14.0. The van der Waals surface area contributed by atoms with E-state index in [-0.39, 0.29) is 35.3 Å². The van der Waals surface area contributed by atoms with Crippen LogP contribution in [-0.2, 0) is 9.59 Å². The van der Waals surface area contributed by atoms with E-state index in [9.17, 15) is 19.2 Å². The Morgan fingerprint density at radius 1 is 0.560 bits per heavy atom. The number of ether oxygens (including phenoxy) is 2. The highest BCUT2D eigenvalue weighted by Gasteiger charge is 2.34. The predicted molar refractivity (Wildman–Crippen MR) is 199 cm³/mol. The topological polar surface area (TPSA) is 86.7 Å². The zero-order valence-corrected chi connectivity index (χ0v) is 30.8. The van der Waals surface area contributed by atoms with Gasteiger partial charge in [0.25, 0.3) is 0 Å². The van der Waals surface area contributed by atoms with Crippen LogP contribution in [0.5, 0.6) is 11.5 Å². The lowest BCUT2D eigenvalue weighted by Crippen LogP contribution is -2.22. The van der Waals surface area contributed by atoms with Gasteiger partial charge >= 0.3 is 11.9 Å². The molecule has 260 valence electrons. The molecular formula is C42H44O6S2. The highest BCUT2D eigenvalue weighted by molar-refractivity contribution is 7.99. The summed E-state index contributed by atoms with van der Waals surface area (Å²) in [5.74, 6) is -0.0694. The van der Waals surface area contributed by atoms with Crippen LogP contribution in [0, 0.1) is 11.8 Å². The number of fused-ring (bicyclic) bond motifs is 2. The van der Waals surface area contributed by atoms with Crippen LogP contribution in [0.15, 0.2) is 105 Å². The molecule has 0 N–H and O–H groups in total. The van der Waals surface area contributed by atoms with Crippen LogP contribution in [0.25, 0.3) is 0 Å². The molecule has 2 atom stereocenters. The lowest BCUT2D eigenvalue weighted by atomic mass is 9.84. The number of hydrogen-bond donors (Lipinski definition) is 0. The Morgan fingerprint density at radius 3 is 1.28 bits per heavy atom. The van der Waals surface area contributed by atoms with E-state index >= 15 is 0 Å². The van der Waals surface area contributed by atoms with Crippen LogP contribution in [0.4, 0.5) is 0 Å². The average Bonchev–Trinajstić information content (AvgIpc) is 3.12. The monoisotopic (exact) mass is 708 g/mol. The average molecular weight is 709 g/mol. The van der Waals surface area contributed by atoms with Gasteiger partial charge in [-0.1, -0.05) is 101 Å². The van der Waals surface area contributed by atoms with E-state index in [1.807, 2.05) is 50.2 Å². The molecule has 0 saturated carbocycles. The van der Waals surface area contributed by atoms with Gasteiger partial charge in [-0.3, -0.25) is 19.2 Å². The van der Waals surface area contributed by atoms with Crippen LogP contribution >= 0.6 is 23.5 Å². The molecule has 2 unspecified atom stereocenters. The fourth-order valence-electron chi connectivity index (χ4n) is 6.03. The van der Waals surface area contributed by atoms with E-state index in [2.05, 4.69) is 13.8 Å². The van der Waals surface area contributed by atoms with Gasteiger partial charge in [-0.15, -0.1) is 0 Å². The third kappa shape index (κ3) is 8.77. The largest absolute Gasteiger partial charge is 0.426 e. The van der Waals surface area contributed by atoms with E-state index in [0.717, 1.165) is 61.2 Å². The highest BCUT2D eigenvalue weighted by Crippen LogP contribution is 2.41. The molecule has 0 fully saturated rings. The first-order valence-corrected chi connectivity index (χ1v) is 19.3. The molecule has 4 aromatic carbocycles. The Balaban J connectivity index is 1.30. The van der Waals surface area contributed by atoms with Crippen molar-refractivity contribution in [2.24, 2.45) is 11.8 Å². The molecule has 0 saturated heterocycles. The lowest BCUT2D eigenvalue weighted by molar-refractivity contribution is -0.140. The van der Waals surface area contributed by atoms with Crippen molar-refractivity contribution in [2.75, 3.05) is 0 Å². The molecule has 0 aromatic heterocycles. The van der Waals surface area contributed by atoms with Gasteiger partial charge in [-0.05, 0) is 86.3 Å². The molecule has 0 spiro atoms. The Bertz CT molecular complexity index is 1700. The molecule has 4 aromatic rings. The molecular weight excluding hydrogens is 665 g/mol. The van der Waals surface area contributed by atoms with Crippen molar-refractivity contribution in [2.45, 2.75) is 98.6 Å². The molecule has 8 heteroatoms. The fourth-order valence-corrected chi connectivity index (χ4v) is 7.99. The molecule has 0 heterocycles. The van der Waals surface area contributed by atoms with Gasteiger partial charge < -0.3 is 9.47 Å². The Hall–Kier alpha value is -4.14. The molecule has 50 heavy (non-hydrogen) atoms. The third-order valence-electron chi connectivity index (χ3n) is 9.00. The van der Waals surface area contributed by atoms with Crippen molar-refractivity contribution in [3.8, 4) is 11.5 Å². The molecule has 0 bridgehead atoms. The van der Waals surface area contributed by atoms with E-state index in [0.29, 0.717) is 43.5 Å². The van der Waals surface area contributed by atoms with Crippen LogP contribution in [-0.4, -0.2) is 23.5 Å². The van der Waals surface area contributed by atoms with Crippen molar-refractivity contribution in [1.29, 1.82) is 0 Å². The summed E-state index contributed by atoms with van der Waals surface area (Å²) in [6.07, 6.45) is 7.17. The molecule has 6 nitrogen and oxygen atoms in total. The number of benzene rings is 4. The van der Waals surface area contributed by atoms with Crippen molar-refractivity contribution in [3.05, 3.63) is 107 Å². The van der Waals surface area contributed by atoms with Crippen LogP contribution < -0.4 is 9.47 Å². The zero-order chi connectivity index (χ0) is 35.6. The number of rotatable bonds is 16.